The average Bonchev–Trinajstić information content (AvgIpc) is 3.29. The van der Waals surface area contributed by atoms with Crippen LogP contribution in [0.2, 0.25) is 0 Å². The molecule has 29 heavy (non-hydrogen) atoms. The summed E-state index contributed by atoms with van der Waals surface area (Å²) in [5.74, 6) is -0.580. The fourth-order valence-corrected chi connectivity index (χ4v) is 4.44. The highest BCUT2D eigenvalue weighted by Gasteiger charge is 2.22. The van der Waals surface area contributed by atoms with Crippen LogP contribution in [-0.4, -0.2) is 28.3 Å². The molecule has 0 saturated carbocycles. The number of aromatic nitrogens is 2. The van der Waals surface area contributed by atoms with E-state index in [9.17, 15) is 9.59 Å². The summed E-state index contributed by atoms with van der Waals surface area (Å²) < 4.78 is 9.61. The number of esters is 1. The molecule has 1 N–H and O–H groups in total. The molecule has 0 bridgehead atoms. The first kappa shape index (κ1) is 20.9. The van der Waals surface area contributed by atoms with E-state index < -0.39 is 5.97 Å². The number of nitrogens with zero attached hydrogens (tertiary/aromatic N) is 3. The number of thiazole rings is 1. The molecule has 152 valence electrons. The zero-order valence-electron chi connectivity index (χ0n) is 16.9. The van der Waals surface area contributed by atoms with Crippen molar-refractivity contribution in [2.75, 3.05) is 17.3 Å². The lowest BCUT2D eigenvalue weighted by Gasteiger charge is -2.21. The van der Waals surface area contributed by atoms with E-state index in [1.165, 1.54) is 29.8 Å². The molecule has 0 aliphatic rings. The van der Waals surface area contributed by atoms with Gasteiger partial charge < -0.3 is 10.1 Å². The van der Waals surface area contributed by atoms with Gasteiger partial charge in [0.25, 0.3) is 0 Å². The van der Waals surface area contributed by atoms with Gasteiger partial charge in [-0.2, -0.15) is 4.37 Å². The number of carbonyl (C=O) groups excluding carboxylic acids is 2. The Bertz CT molecular complexity index is 1060. The van der Waals surface area contributed by atoms with E-state index in [1.54, 1.807) is 24.3 Å². The van der Waals surface area contributed by atoms with Gasteiger partial charge in [-0.3, -0.25) is 9.69 Å². The summed E-state index contributed by atoms with van der Waals surface area (Å²) in [6.45, 7) is 7.28. The number of rotatable bonds is 6. The number of hydrogen-bond acceptors (Lipinski definition) is 8. The molecule has 0 atom stereocenters. The smallest absolute Gasteiger partial charge is 0.343 e. The van der Waals surface area contributed by atoms with Crippen LogP contribution in [0.5, 0.6) is 0 Å². The molecule has 2 heterocycles. The van der Waals surface area contributed by atoms with Gasteiger partial charge in [-0.25, -0.2) is 9.78 Å². The Hall–Kier alpha value is -2.78. The van der Waals surface area contributed by atoms with Crippen molar-refractivity contribution in [3.8, 4) is 0 Å². The van der Waals surface area contributed by atoms with Gasteiger partial charge in [0.1, 0.15) is 17.2 Å². The standard InChI is InChI=1S/C20H22N4O3S2/c1-11-7-6-8-16(12(11)2)24(14(4)25)20-22-15(10-28-20)9-27-19(26)17-13(3)23-29-18(17)21-5/h6-8,10,21H,9H2,1-5H3. The summed E-state index contributed by atoms with van der Waals surface area (Å²) in [6, 6.07) is 5.82. The number of carbonyl (C=O) groups is 2. The summed E-state index contributed by atoms with van der Waals surface area (Å²) in [7, 11) is 1.74. The molecule has 0 radical (unpaired) electrons. The molecule has 7 nitrogen and oxygen atoms in total. The molecule has 0 unspecified atom stereocenters. The molecule has 9 heteroatoms. The number of anilines is 3. The Balaban J connectivity index is 1.79. The van der Waals surface area contributed by atoms with Gasteiger partial charge in [0.05, 0.1) is 17.1 Å². The molecule has 0 saturated heterocycles. The molecule has 0 aliphatic carbocycles. The highest BCUT2D eigenvalue weighted by atomic mass is 32.1. The van der Waals surface area contributed by atoms with Crippen molar-refractivity contribution in [2.24, 2.45) is 0 Å². The van der Waals surface area contributed by atoms with Crippen molar-refractivity contribution in [1.29, 1.82) is 0 Å². The summed E-state index contributed by atoms with van der Waals surface area (Å²) in [5.41, 5.74) is 4.57. The van der Waals surface area contributed by atoms with Crippen molar-refractivity contribution in [2.45, 2.75) is 34.3 Å². The van der Waals surface area contributed by atoms with Crippen LogP contribution in [0, 0.1) is 20.8 Å². The number of hydrogen-bond donors (Lipinski definition) is 1. The Kier molecular flexibility index (Phi) is 6.29. The van der Waals surface area contributed by atoms with Crippen LogP contribution in [0.15, 0.2) is 23.6 Å². The first-order valence-electron chi connectivity index (χ1n) is 8.96. The Morgan fingerprint density at radius 1 is 1.24 bits per heavy atom. The third kappa shape index (κ3) is 4.30. The number of ether oxygens (including phenoxy) is 1. The molecule has 1 aromatic carbocycles. The third-order valence-corrected chi connectivity index (χ3v) is 6.34. The number of amides is 1. The van der Waals surface area contributed by atoms with Crippen LogP contribution >= 0.6 is 22.9 Å². The molecule has 1 amide bonds. The van der Waals surface area contributed by atoms with Gasteiger partial charge in [0.2, 0.25) is 5.91 Å². The summed E-state index contributed by atoms with van der Waals surface area (Å²) in [6.07, 6.45) is 0. The second-order valence-electron chi connectivity index (χ2n) is 6.49. The maximum absolute atomic E-state index is 12.4. The van der Waals surface area contributed by atoms with Crippen molar-refractivity contribution >= 4 is 50.6 Å². The maximum atomic E-state index is 12.4. The zero-order chi connectivity index (χ0) is 21.1. The zero-order valence-corrected chi connectivity index (χ0v) is 18.5. The monoisotopic (exact) mass is 430 g/mol. The molecular formula is C20H22N4O3S2. The highest BCUT2D eigenvalue weighted by molar-refractivity contribution is 7.14. The quantitative estimate of drug-likeness (QED) is 0.575. The van der Waals surface area contributed by atoms with Crippen LogP contribution in [0.3, 0.4) is 0 Å². The van der Waals surface area contributed by atoms with Gasteiger partial charge >= 0.3 is 5.97 Å². The normalized spacial score (nSPS) is 10.7. The highest BCUT2D eigenvalue weighted by Crippen LogP contribution is 2.32. The van der Waals surface area contributed by atoms with Crippen LogP contribution in [0.4, 0.5) is 15.8 Å². The van der Waals surface area contributed by atoms with Gasteiger partial charge in [-0.05, 0) is 49.5 Å². The predicted molar refractivity (Wildman–Crippen MR) is 116 cm³/mol. The van der Waals surface area contributed by atoms with Crippen molar-refractivity contribution < 1.29 is 14.3 Å². The fraction of sp³-hybridized carbons (Fsp3) is 0.300. The first-order valence-corrected chi connectivity index (χ1v) is 10.6. The minimum atomic E-state index is -0.451. The second kappa shape index (κ2) is 8.71. The van der Waals surface area contributed by atoms with Crippen molar-refractivity contribution in [3.05, 3.63) is 51.7 Å². The van der Waals surface area contributed by atoms with E-state index in [-0.39, 0.29) is 12.5 Å². The summed E-state index contributed by atoms with van der Waals surface area (Å²) in [5, 5.41) is 5.96. The van der Waals surface area contributed by atoms with E-state index in [2.05, 4.69) is 14.7 Å². The van der Waals surface area contributed by atoms with Gasteiger partial charge in [-0.1, -0.05) is 12.1 Å². The summed E-state index contributed by atoms with van der Waals surface area (Å²) in [4.78, 5) is 30.9. The number of aryl methyl sites for hydroxylation is 2. The van der Waals surface area contributed by atoms with E-state index in [0.717, 1.165) is 16.8 Å². The van der Waals surface area contributed by atoms with E-state index in [0.29, 0.717) is 27.1 Å². The van der Waals surface area contributed by atoms with Gasteiger partial charge in [0.15, 0.2) is 5.13 Å². The first-order chi connectivity index (χ1) is 13.8. The van der Waals surface area contributed by atoms with Crippen LogP contribution < -0.4 is 10.2 Å². The molecule has 3 rings (SSSR count). The maximum Gasteiger partial charge on any atom is 0.343 e. The minimum Gasteiger partial charge on any atom is -0.455 e. The van der Waals surface area contributed by atoms with E-state index in [1.807, 2.05) is 32.0 Å². The van der Waals surface area contributed by atoms with Crippen LogP contribution in [0.1, 0.15) is 39.8 Å². The molecular weight excluding hydrogens is 408 g/mol. The third-order valence-electron chi connectivity index (χ3n) is 4.51. The predicted octanol–water partition coefficient (Wildman–Crippen LogP) is 4.61. The summed E-state index contributed by atoms with van der Waals surface area (Å²) >= 11 is 2.55. The molecule has 2 aromatic heterocycles. The lowest BCUT2D eigenvalue weighted by molar-refractivity contribution is -0.115. The lowest BCUT2D eigenvalue weighted by atomic mass is 10.1. The molecule has 0 spiro atoms. The molecule has 0 fully saturated rings. The van der Waals surface area contributed by atoms with E-state index in [4.69, 9.17) is 4.74 Å². The van der Waals surface area contributed by atoms with E-state index >= 15 is 0 Å². The molecule has 0 aliphatic heterocycles. The SMILES string of the molecule is CNc1snc(C)c1C(=O)OCc1csc(N(C(C)=O)c2cccc(C)c2C)n1. The van der Waals surface area contributed by atoms with Crippen LogP contribution in [0.25, 0.3) is 0 Å². The van der Waals surface area contributed by atoms with Crippen LogP contribution in [-0.2, 0) is 16.1 Å². The average molecular weight is 431 g/mol. The number of benzene rings is 1. The van der Waals surface area contributed by atoms with Crippen molar-refractivity contribution in [3.63, 3.8) is 0 Å². The minimum absolute atomic E-state index is 0.0202. The van der Waals surface area contributed by atoms with Gasteiger partial charge in [0, 0.05) is 19.4 Å². The Morgan fingerprint density at radius 3 is 2.69 bits per heavy atom. The second-order valence-corrected chi connectivity index (χ2v) is 8.10. The number of nitrogens with one attached hydrogen (secondary N) is 1. The largest absolute Gasteiger partial charge is 0.455 e. The fourth-order valence-electron chi connectivity index (χ4n) is 2.84. The Morgan fingerprint density at radius 2 is 2.00 bits per heavy atom. The lowest BCUT2D eigenvalue weighted by Crippen LogP contribution is -2.23. The van der Waals surface area contributed by atoms with Crippen molar-refractivity contribution in [1.82, 2.24) is 9.36 Å². The topological polar surface area (TPSA) is 84.4 Å². The Labute approximate surface area is 177 Å². The molecule has 3 aromatic rings. The van der Waals surface area contributed by atoms with Gasteiger partial charge in [-0.15, -0.1) is 11.3 Å².